The van der Waals surface area contributed by atoms with E-state index in [4.69, 9.17) is 0 Å². The molecule has 104 valence electrons. The van der Waals surface area contributed by atoms with Crippen LogP contribution in [0, 0.1) is 5.92 Å². The molecule has 0 radical (unpaired) electrons. The topological polar surface area (TPSA) is 69.6 Å². The fraction of sp³-hybridized carbons (Fsp3) is 0.533. The van der Waals surface area contributed by atoms with Gasteiger partial charge in [-0.3, -0.25) is 10.1 Å². The first-order chi connectivity index (χ1) is 9.08. The Bertz CT molecular complexity index is 447. The standard InChI is InChI=1S/C15H21NO3/c1-10-5-2-3-8-13(10)16-14(15(18)19)11-6-4-7-12(17)9-11/h4,6-7,9-10,13-14,16-17H,2-3,5,8H2,1H3,(H,18,19). The second-order valence-electron chi connectivity index (χ2n) is 5.40. The molecule has 1 saturated carbocycles. The molecule has 3 unspecified atom stereocenters. The summed E-state index contributed by atoms with van der Waals surface area (Å²) in [4.78, 5) is 11.4. The molecule has 0 saturated heterocycles. The van der Waals surface area contributed by atoms with E-state index in [1.54, 1.807) is 18.2 Å². The lowest BCUT2D eigenvalue weighted by molar-refractivity contribution is -0.140. The minimum absolute atomic E-state index is 0.0993. The van der Waals surface area contributed by atoms with Crippen molar-refractivity contribution in [2.24, 2.45) is 5.92 Å². The van der Waals surface area contributed by atoms with Gasteiger partial charge in [-0.2, -0.15) is 0 Å². The van der Waals surface area contributed by atoms with Gasteiger partial charge in [0.25, 0.3) is 0 Å². The predicted molar refractivity (Wildman–Crippen MR) is 73.0 cm³/mol. The molecule has 4 heteroatoms. The van der Waals surface area contributed by atoms with Crippen molar-refractivity contribution in [2.75, 3.05) is 0 Å². The van der Waals surface area contributed by atoms with Gasteiger partial charge in [-0.05, 0) is 36.5 Å². The lowest BCUT2D eigenvalue weighted by atomic mass is 9.85. The Morgan fingerprint density at radius 3 is 2.74 bits per heavy atom. The fourth-order valence-electron chi connectivity index (χ4n) is 2.79. The zero-order valence-electron chi connectivity index (χ0n) is 11.2. The monoisotopic (exact) mass is 263 g/mol. The van der Waals surface area contributed by atoms with Gasteiger partial charge in [-0.1, -0.05) is 31.9 Å². The van der Waals surface area contributed by atoms with E-state index in [9.17, 15) is 15.0 Å². The Morgan fingerprint density at radius 1 is 1.37 bits per heavy atom. The summed E-state index contributed by atoms with van der Waals surface area (Å²) in [6.07, 6.45) is 4.53. The van der Waals surface area contributed by atoms with Gasteiger partial charge in [-0.15, -0.1) is 0 Å². The average molecular weight is 263 g/mol. The van der Waals surface area contributed by atoms with Crippen molar-refractivity contribution in [3.05, 3.63) is 29.8 Å². The first-order valence-electron chi connectivity index (χ1n) is 6.85. The molecule has 1 fully saturated rings. The maximum Gasteiger partial charge on any atom is 0.325 e. The molecule has 2 rings (SSSR count). The van der Waals surface area contributed by atoms with Crippen molar-refractivity contribution in [3.8, 4) is 5.75 Å². The molecule has 0 amide bonds. The number of hydrogen-bond acceptors (Lipinski definition) is 3. The fourth-order valence-corrected chi connectivity index (χ4v) is 2.79. The summed E-state index contributed by atoms with van der Waals surface area (Å²) in [6.45, 7) is 2.16. The van der Waals surface area contributed by atoms with E-state index in [-0.39, 0.29) is 11.8 Å². The summed E-state index contributed by atoms with van der Waals surface area (Å²) in [5.74, 6) is -0.307. The molecule has 4 nitrogen and oxygen atoms in total. The van der Waals surface area contributed by atoms with Crippen molar-refractivity contribution >= 4 is 5.97 Å². The molecule has 1 aliphatic carbocycles. The van der Waals surface area contributed by atoms with Gasteiger partial charge >= 0.3 is 5.97 Å². The SMILES string of the molecule is CC1CCCCC1NC(C(=O)O)c1cccc(O)c1. The van der Waals surface area contributed by atoms with Crippen LogP contribution in [0.3, 0.4) is 0 Å². The molecular formula is C15H21NO3. The number of carboxylic acids is 1. The van der Waals surface area contributed by atoms with Crippen LogP contribution in [0.25, 0.3) is 0 Å². The smallest absolute Gasteiger partial charge is 0.325 e. The Morgan fingerprint density at radius 2 is 2.11 bits per heavy atom. The first kappa shape index (κ1) is 13.9. The van der Waals surface area contributed by atoms with Crippen molar-refractivity contribution < 1.29 is 15.0 Å². The van der Waals surface area contributed by atoms with E-state index < -0.39 is 12.0 Å². The van der Waals surface area contributed by atoms with Crippen LogP contribution in [0.5, 0.6) is 5.75 Å². The van der Waals surface area contributed by atoms with Crippen LogP contribution in [-0.2, 0) is 4.79 Å². The lowest BCUT2D eigenvalue weighted by Crippen LogP contribution is -2.42. The van der Waals surface area contributed by atoms with Crippen LogP contribution >= 0.6 is 0 Å². The average Bonchev–Trinajstić information content (AvgIpc) is 2.37. The second-order valence-corrected chi connectivity index (χ2v) is 5.40. The summed E-state index contributed by atoms with van der Waals surface area (Å²) in [6, 6.07) is 5.95. The normalized spacial score (nSPS) is 24.9. The molecule has 0 aromatic heterocycles. The largest absolute Gasteiger partial charge is 0.508 e. The van der Waals surface area contributed by atoms with Gasteiger partial charge in [0, 0.05) is 6.04 Å². The molecule has 0 spiro atoms. The molecule has 19 heavy (non-hydrogen) atoms. The van der Waals surface area contributed by atoms with Crippen LogP contribution in [0.2, 0.25) is 0 Å². The molecule has 3 N–H and O–H groups in total. The Labute approximate surface area is 113 Å². The quantitative estimate of drug-likeness (QED) is 0.781. The Kier molecular flexibility index (Phi) is 4.43. The zero-order valence-corrected chi connectivity index (χ0v) is 11.2. The summed E-state index contributed by atoms with van der Waals surface area (Å²) in [5.41, 5.74) is 0.602. The van der Waals surface area contributed by atoms with Crippen LogP contribution in [0.1, 0.15) is 44.2 Å². The molecule has 0 aliphatic heterocycles. The number of phenols is 1. The van der Waals surface area contributed by atoms with Gasteiger partial charge in [0.1, 0.15) is 11.8 Å². The zero-order chi connectivity index (χ0) is 13.8. The third-order valence-corrected chi connectivity index (χ3v) is 3.94. The molecule has 0 bridgehead atoms. The van der Waals surface area contributed by atoms with E-state index in [2.05, 4.69) is 12.2 Å². The number of carbonyl (C=O) groups is 1. The van der Waals surface area contributed by atoms with Crippen LogP contribution in [0.4, 0.5) is 0 Å². The number of hydrogen-bond donors (Lipinski definition) is 3. The minimum atomic E-state index is -0.900. The maximum absolute atomic E-state index is 11.4. The summed E-state index contributed by atoms with van der Waals surface area (Å²) < 4.78 is 0. The van der Waals surface area contributed by atoms with E-state index in [0.717, 1.165) is 19.3 Å². The second kappa shape index (κ2) is 6.06. The van der Waals surface area contributed by atoms with E-state index in [1.807, 2.05) is 0 Å². The lowest BCUT2D eigenvalue weighted by Gasteiger charge is -2.32. The molecular weight excluding hydrogens is 242 g/mol. The predicted octanol–water partition coefficient (Wildman–Crippen LogP) is 2.69. The van der Waals surface area contributed by atoms with Crippen LogP contribution in [0.15, 0.2) is 24.3 Å². The minimum Gasteiger partial charge on any atom is -0.508 e. The van der Waals surface area contributed by atoms with Gasteiger partial charge in [-0.25, -0.2) is 0 Å². The van der Waals surface area contributed by atoms with E-state index in [1.165, 1.54) is 12.5 Å². The van der Waals surface area contributed by atoms with Gasteiger partial charge in [0.05, 0.1) is 0 Å². The number of aromatic hydroxyl groups is 1. The van der Waals surface area contributed by atoms with E-state index >= 15 is 0 Å². The van der Waals surface area contributed by atoms with E-state index in [0.29, 0.717) is 11.5 Å². The third kappa shape index (κ3) is 3.47. The highest BCUT2D eigenvalue weighted by molar-refractivity contribution is 5.75. The highest BCUT2D eigenvalue weighted by Crippen LogP contribution is 2.27. The first-order valence-corrected chi connectivity index (χ1v) is 6.85. The highest BCUT2D eigenvalue weighted by Gasteiger charge is 2.28. The number of rotatable bonds is 4. The Balaban J connectivity index is 2.14. The van der Waals surface area contributed by atoms with Gasteiger partial charge in [0.2, 0.25) is 0 Å². The molecule has 1 aromatic carbocycles. The van der Waals surface area contributed by atoms with Crippen LogP contribution < -0.4 is 5.32 Å². The summed E-state index contributed by atoms with van der Waals surface area (Å²) >= 11 is 0. The molecule has 1 aliphatic rings. The molecule has 0 heterocycles. The molecule has 3 atom stereocenters. The Hall–Kier alpha value is -1.55. The molecule has 1 aromatic rings. The van der Waals surface area contributed by atoms with Crippen LogP contribution in [-0.4, -0.2) is 22.2 Å². The van der Waals surface area contributed by atoms with Crippen molar-refractivity contribution in [1.29, 1.82) is 0 Å². The number of carboxylic acid groups (broad SMARTS) is 1. The third-order valence-electron chi connectivity index (χ3n) is 3.94. The number of benzene rings is 1. The summed E-state index contributed by atoms with van der Waals surface area (Å²) in [7, 11) is 0. The van der Waals surface area contributed by atoms with Crippen molar-refractivity contribution in [1.82, 2.24) is 5.32 Å². The number of nitrogens with one attached hydrogen (secondary N) is 1. The number of aliphatic carboxylic acids is 1. The van der Waals surface area contributed by atoms with Crippen molar-refractivity contribution in [2.45, 2.75) is 44.7 Å². The maximum atomic E-state index is 11.4. The van der Waals surface area contributed by atoms with Gasteiger partial charge < -0.3 is 10.2 Å². The summed E-state index contributed by atoms with van der Waals surface area (Å²) in [5, 5.41) is 22.1. The van der Waals surface area contributed by atoms with Gasteiger partial charge in [0.15, 0.2) is 0 Å². The highest BCUT2D eigenvalue weighted by atomic mass is 16.4. The van der Waals surface area contributed by atoms with Crippen molar-refractivity contribution in [3.63, 3.8) is 0 Å². The number of phenolic OH excluding ortho intramolecular Hbond substituents is 1.